The number of aromatic nitrogens is 1. The number of para-hydroxylation sites is 2. The molecule has 0 unspecified atom stereocenters. The number of hydrogen-bond acceptors (Lipinski definition) is 1. The van der Waals surface area contributed by atoms with Crippen molar-refractivity contribution in [1.29, 1.82) is 0 Å². The monoisotopic (exact) mass is 702 g/mol. The summed E-state index contributed by atoms with van der Waals surface area (Å²) in [5.74, 6) is 0. The topological polar surface area (TPSA) is 8.17 Å². The lowest BCUT2D eigenvalue weighted by Gasteiger charge is -2.28. The predicted molar refractivity (Wildman–Crippen MR) is 233 cm³/mol. The molecule has 2 nitrogen and oxygen atoms in total. The number of nitrogens with zero attached hydrogens (tertiary/aromatic N) is 2. The van der Waals surface area contributed by atoms with E-state index in [4.69, 9.17) is 0 Å². The van der Waals surface area contributed by atoms with Gasteiger partial charge in [0.1, 0.15) is 0 Å². The van der Waals surface area contributed by atoms with Gasteiger partial charge in [0.25, 0.3) is 0 Å². The number of benzene rings is 9. The van der Waals surface area contributed by atoms with Gasteiger partial charge in [-0.15, -0.1) is 0 Å². The van der Waals surface area contributed by atoms with Crippen molar-refractivity contribution in [2.45, 2.75) is 19.3 Å². The lowest BCUT2D eigenvalue weighted by atomic mass is 9.82. The van der Waals surface area contributed by atoms with Gasteiger partial charge in [0.15, 0.2) is 0 Å². The lowest BCUT2D eigenvalue weighted by molar-refractivity contribution is 0.660. The largest absolute Gasteiger partial charge is 0.310 e. The van der Waals surface area contributed by atoms with Crippen LogP contribution in [0.2, 0.25) is 0 Å². The van der Waals surface area contributed by atoms with Crippen LogP contribution in [0.25, 0.3) is 71.3 Å². The average Bonchev–Trinajstić information content (AvgIpc) is 3.69. The molecule has 260 valence electrons. The van der Waals surface area contributed by atoms with Crippen LogP contribution >= 0.6 is 0 Å². The first-order valence-corrected chi connectivity index (χ1v) is 19.2. The van der Waals surface area contributed by atoms with E-state index in [0.29, 0.717) is 0 Å². The van der Waals surface area contributed by atoms with Crippen molar-refractivity contribution in [1.82, 2.24) is 4.57 Å². The maximum atomic E-state index is 2.46. The predicted octanol–water partition coefficient (Wildman–Crippen LogP) is 14.5. The SMILES string of the molecule is CC1(C)c2cc(N(c3ccccc3)c3ccc(-c4cccc5ccccc45)cc3)ccc2-c2ccc(-n3c4ccccc4c4c5ccccc5ccc43)cc21. The maximum absolute atomic E-state index is 2.46. The minimum atomic E-state index is -0.206. The molecule has 10 aromatic rings. The van der Waals surface area contributed by atoms with Crippen LogP contribution in [0.5, 0.6) is 0 Å². The molecule has 9 aromatic carbocycles. The zero-order valence-electron chi connectivity index (χ0n) is 30.9. The highest BCUT2D eigenvalue weighted by Crippen LogP contribution is 2.52. The summed E-state index contributed by atoms with van der Waals surface area (Å²) in [6.07, 6.45) is 0. The molecule has 0 radical (unpaired) electrons. The maximum Gasteiger partial charge on any atom is 0.0547 e. The van der Waals surface area contributed by atoms with Gasteiger partial charge in [0.05, 0.1) is 11.0 Å². The zero-order valence-corrected chi connectivity index (χ0v) is 30.9. The van der Waals surface area contributed by atoms with Crippen LogP contribution in [0.1, 0.15) is 25.0 Å². The van der Waals surface area contributed by atoms with Crippen molar-refractivity contribution in [2.24, 2.45) is 0 Å². The van der Waals surface area contributed by atoms with Gasteiger partial charge >= 0.3 is 0 Å². The van der Waals surface area contributed by atoms with Gasteiger partial charge in [-0.3, -0.25) is 0 Å². The van der Waals surface area contributed by atoms with Gasteiger partial charge in [0, 0.05) is 38.9 Å². The van der Waals surface area contributed by atoms with E-state index >= 15 is 0 Å². The second kappa shape index (κ2) is 12.1. The molecule has 1 heterocycles. The molecule has 0 fully saturated rings. The Morgan fingerprint density at radius 1 is 0.400 bits per heavy atom. The molecule has 0 amide bonds. The highest BCUT2D eigenvalue weighted by molar-refractivity contribution is 6.21. The Morgan fingerprint density at radius 2 is 1.00 bits per heavy atom. The average molecular weight is 703 g/mol. The highest BCUT2D eigenvalue weighted by Gasteiger charge is 2.36. The molecule has 1 aliphatic rings. The third-order valence-corrected chi connectivity index (χ3v) is 12.0. The Hall–Kier alpha value is -6.90. The normalized spacial score (nSPS) is 13.1. The van der Waals surface area contributed by atoms with Gasteiger partial charge in [0.2, 0.25) is 0 Å². The molecule has 1 aliphatic carbocycles. The van der Waals surface area contributed by atoms with E-state index in [0.717, 1.165) is 17.1 Å². The summed E-state index contributed by atoms with van der Waals surface area (Å²) < 4.78 is 2.46. The smallest absolute Gasteiger partial charge is 0.0547 e. The fourth-order valence-corrected chi connectivity index (χ4v) is 9.30. The van der Waals surface area contributed by atoms with Crippen molar-refractivity contribution >= 4 is 60.4 Å². The number of anilines is 3. The van der Waals surface area contributed by atoms with Gasteiger partial charge in [-0.25, -0.2) is 0 Å². The summed E-state index contributed by atoms with van der Waals surface area (Å²) in [7, 11) is 0. The van der Waals surface area contributed by atoms with E-state index in [-0.39, 0.29) is 5.41 Å². The van der Waals surface area contributed by atoms with Crippen LogP contribution in [-0.2, 0) is 5.41 Å². The standard InChI is InChI=1S/C53H38N2/c1-53(2)48-33-40(54(38-16-4-3-5-17-38)39-26-23-37(24-27-39)43-21-12-15-35-13-6-8-18-42(35)43)28-30-45(48)46-31-29-41(34-49(46)53)55-50-22-11-10-20-47(50)52-44-19-9-7-14-36(44)25-32-51(52)55/h3-34H,1-2H3. The van der Waals surface area contributed by atoms with E-state index in [1.807, 2.05) is 0 Å². The first-order valence-electron chi connectivity index (χ1n) is 19.2. The second-order valence-electron chi connectivity index (χ2n) is 15.4. The van der Waals surface area contributed by atoms with Gasteiger partial charge in [-0.2, -0.15) is 0 Å². The number of hydrogen-bond donors (Lipinski definition) is 0. The van der Waals surface area contributed by atoms with Gasteiger partial charge < -0.3 is 9.47 Å². The fraction of sp³-hybridized carbons (Fsp3) is 0.0566. The molecule has 0 saturated carbocycles. The van der Waals surface area contributed by atoms with E-state index in [1.54, 1.807) is 0 Å². The van der Waals surface area contributed by atoms with Crippen LogP contribution in [0, 0.1) is 0 Å². The van der Waals surface area contributed by atoms with Crippen molar-refractivity contribution in [3.05, 3.63) is 205 Å². The molecule has 0 spiro atoms. The summed E-state index contributed by atoms with van der Waals surface area (Å²) in [5.41, 5.74) is 14.7. The Morgan fingerprint density at radius 3 is 1.80 bits per heavy atom. The van der Waals surface area contributed by atoms with Crippen LogP contribution in [-0.4, -0.2) is 4.57 Å². The van der Waals surface area contributed by atoms with E-state index < -0.39 is 0 Å². The van der Waals surface area contributed by atoms with Crippen LogP contribution in [0.15, 0.2) is 194 Å². The van der Waals surface area contributed by atoms with Crippen LogP contribution in [0.4, 0.5) is 17.1 Å². The molecule has 0 N–H and O–H groups in total. The first kappa shape index (κ1) is 31.6. The first-order chi connectivity index (χ1) is 27.0. The Labute approximate surface area is 321 Å². The molecule has 0 bridgehead atoms. The third-order valence-electron chi connectivity index (χ3n) is 12.0. The molecular weight excluding hydrogens is 665 g/mol. The molecule has 0 aliphatic heterocycles. The summed E-state index contributed by atoms with van der Waals surface area (Å²) >= 11 is 0. The lowest BCUT2D eigenvalue weighted by Crippen LogP contribution is -2.17. The van der Waals surface area contributed by atoms with E-state index in [1.165, 1.54) is 82.4 Å². The molecule has 1 aromatic heterocycles. The van der Waals surface area contributed by atoms with Gasteiger partial charge in [-0.1, -0.05) is 147 Å². The zero-order chi connectivity index (χ0) is 36.7. The molecule has 2 heteroatoms. The number of rotatable bonds is 5. The van der Waals surface area contributed by atoms with Crippen LogP contribution in [0.3, 0.4) is 0 Å². The van der Waals surface area contributed by atoms with Crippen molar-refractivity contribution in [3.8, 4) is 27.9 Å². The quantitative estimate of drug-likeness (QED) is 0.173. The van der Waals surface area contributed by atoms with E-state index in [9.17, 15) is 0 Å². The Balaban J connectivity index is 1.02. The molecule has 55 heavy (non-hydrogen) atoms. The minimum Gasteiger partial charge on any atom is -0.310 e. The van der Waals surface area contributed by atoms with Crippen molar-refractivity contribution < 1.29 is 0 Å². The molecule has 0 saturated heterocycles. The molecule has 0 atom stereocenters. The third kappa shape index (κ3) is 4.81. The Bertz CT molecular complexity index is 3110. The summed E-state index contributed by atoms with van der Waals surface area (Å²) in [5, 5.41) is 7.69. The number of fused-ring (bicyclic) bond motifs is 9. The van der Waals surface area contributed by atoms with Crippen LogP contribution < -0.4 is 4.90 Å². The fourth-order valence-electron chi connectivity index (χ4n) is 9.30. The molecular formula is C53H38N2. The minimum absolute atomic E-state index is 0.206. The second-order valence-corrected chi connectivity index (χ2v) is 15.4. The summed E-state index contributed by atoms with van der Waals surface area (Å²) in [6, 6.07) is 71.3. The van der Waals surface area contributed by atoms with Crippen molar-refractivity contribution in [2.75, 3.05) is 4.90 Å². The van der Waals surface area contributed by atoms with Gasteiger partial charge in [-0.05, 0) is 116 Å². The van der Waals surface area contributed by atoms with E-state index in [2.05, 4.69) is 217 Å². The summed E-state index contributed by atoms with van der Waals surface area (Å²) in [4.78, 5) is 2.39. The molecule has 11 rings (SSSR count). The highest BCUT2D eigenvalue weighted by atomic mass is 15.1. The van der Waals surface area contributed by atoms with Crippen molar-refractivity contribution in [3.63, 3.8) is 0 Å². The Kier molecular flexibility index (Phi) is 6.93. The summed E-state index contributed by atoms with van der Waals surface area (Å²) in [6.45, 7) is 4.77.